The number of aryl methyl sites for hydroxylation is 1. The van der Waals surface area contributed by atoms with Gasteiger partial charge < -0.3 is 14.5 Å². The molecule has 4 rings (SSSR count). The normalized spacial score (nSPS) is 14.1. The molecule has 33 heavy (non-hydrogen) atoms. The van der Waals surface area contributed by atoms with Crippen LogP contribution in [0.2, 0.25) is 0 Å². The first-order valence-corrected chi connectivity index (χ1v) is 12.2. The number of carbonyl (C=O) groups excluding carboxylic acids is 3. The molecular weight excluding hydrogens is 460 g/mol. The Balaban J connectivity index is 1.26. The maximum absolute atomic E-state index is 12.4. The van der Waals surface area contributed by atoms with Gasteiger partial charge in [0.2, 0.25) is 0 Å². The zero-order valence-electron chi connectivity index (χ0n) is 18.4. The van der Waals surface area contributed by atoms with Crippen molar-refractivity contribution in [2.24, 2.45) is 0 Å². The van der Waals surface area contributed by atoms with Gasteiger partial charge in [-0.3, -0.25) is 14.2 Å². The van der Waals surface area contributed by atoms with Crippen LogP contribution in [0.15, 0.2) is 41.2 Å². The molecule has 172 valence electrons. The van der Waals surface area contributed by atoms with Gasteiger partial charge in [0, 0.05) is 55.2 Å². The number of aromatic nitrogens is 2. The lowest BCUT2D eigenvalue weighted by atomic mass is 10.2. The number of ether oxygens (including phenoxy) is 1. The molecule has 1 fully saturated rings. The molecule has 2 amide bonds. The van der Waals surface area contributed by atoms with E-state index in [4.69, 9.17) is 4.74 Å². The molecule has 0 spiro atoms. The van der Waals surface area contributed by atoms with Crippen molar-refractivity contribution < 1.29 is 19.1 Å². The van der Waals surface area contributed by atoms with Gasteiger partial charge in [-0.2, -0.15) is 0 Å². The number of rotatable bonds is 6. The fourth-order valence-electron chi connectivity index (χ4n) is 3.72. The van der Waals surface area contributed by atoms with Gasteiger partial charge in [-0.1, -0.05) is 6.07 Å². The Hall–Kier alpha value is -3.24. The molecule has 1 saturated heterocycles. The highest BCUT2D eigenvalue weighted by molar-refractivity contribution is 7.12. The summed E-state index contributed by atoms with van der Waals surface area (Å²) in [7, 11) is 0. The van der Waals surface area contributed by atoms with Crippen molar-refractivity contribution in [1.29, 1.82) is 0 Å². The minimum atomic E-state index is -0.575. The number of piperazine rings is 1. The maximum atomic E-state index is 12.4. The van der Waals surface area contributed by atoms with Gasteiger partial charge in [0.25, 0.3) is 11.8 Å². The molecule has 0 radical (unpaired) electrons. The molecule has 3 aromatic rings. The minimum Gasteiger partial charge on any atom is -0.452 e. The van der Waals surface area contributed by atoms with Crippen LogP contribution in [-0.2, 0) is 14.3 Å². The molecule has 0 aliphatic carbocycles. The highest BCUT2D eigenvalue weighted by atomic mass is 32.1. The van der Waals surface area contributed by atoms with Crippen molar-refractivity contribution in [3.05, 3.63) is 63.1 Å². The van der Waals surface area contributed by atoms with Crippen LogP contribution < -0.4 is 0 Å². The van der Waals surface area contributed by atoms with E-state index in [1.165, 1.54) is 17.4 Å². The Morgan fingerprint density at radius 3 is 2.52 bits per heavy atom. The molecule has 4 heterocycles. The van der Waals surface area contributed by atoms with Crippen LogP contribution in [0, 0.1) is 13.8 Å². The predicted molar refractivity (Wildman–Crippen MR) is 128 cm³/mol. The summed E-state index contributed by atoms with van der Waals surface area (Å²) in [6.45, 7) is 5.40. The van der Waals surface area contributed by atoms with Gasteiger partial charge in [-0.15, -0.1) is 22.7 Å². The van der Waals surface area contributed by atoms with Crippen LogP contribution in [-0.4, -0.2) is 69.9 Å². The van der Waals surface area contributed by atoms with E-state index in [1.54, 1.807) is 39.5 Å². The predicted octanol–water partition coefficient (Wildman–Crippen LogP) is 3.15. The first kappa shape index (κ1) is 22.9. The molecule has 10 heteroatoms. The second-order valence-corrected chi connectivity index (χ2v) is 9.39. The fourth-order valence-corrected chi connectivity index (χ4v) is 5.16. The highest BCUT2D eigenvalue weighted by Crippen LogP contribution is 2.23. The van der Waals surface area contributed by atoms with Crippen molar-refractivity contribution in [2.45, 2.75) is 13.8 Å². The molecule has 0 saturated carbocycles. The first-order valence-electron chi connectivity index (χ1n) is 10.5. The van der Waals surface area contributed by atoms with Crippen molar-refractivity contribution in [2.75, 3.05) is 32.8 Å². The zero-order valence-corrected chi connectivity index (χ0v) is 20.0. The maximum Gasteiger partial charge on any atom is 0.331 e. The second-order valence-electron chi connectivity index (χ2n) is 7.57. The molecule has 0 unspecified atom stereocenters. The van der Waals surface area contributed by atoms with Crippen LogP contribution in [0.3, 0.4) is 0 Å². The molecule has 0 bridgehead atoms. The van der Waals surface area contributed by atoms with E-state index in [0.29, 0.717) is 31.1 Å². The van der Waals surface area contributed by atoms with Crippen LogP contribution in [0.25, 0.3) is 11.2 Å². The average molecular weight is 485 g/mol. The van der Waals surface area contributed by atoms with Crippen molar-refractivity contribution in [1.82, 2.24) is 19.4 Å². The third-order valence-electron chi connectivity index (χ3n) is 5.47. The standard InChI is InChI=1S/C23H24N4O4S2/c1-16-14-18(17(2)27(16)23-24-7-13-33-23)5-6-21(29)31-15-20(28)25-8-10-26(11-9-25)22(30)19-4-3-12-32-19/h3-7,12-14H,8-11,15H2,1-2H3/b6-5+. The number of hydrogen-bond acceptors (Lipinski definition) is 7. The van der Waals surface area contributed by atoms with Gasteiger partial charge in [0.15, 0.2) is 11.7 Å². The lowest BCUT2D eigenvalue weighted by Crippen LogP contribution is -2.51. The molecule has 8 nitrogen and oxygen atoms in total. The Morgan fingerprint density at radius 2 is 1.85 bits per heavy atom. The topological polar surface area (TPSA) is 84.7 Å². The van der Waals surface area contributed by atoms with Crippen LogP contribution in [0.5, 0.6) is 0 Å². The van der Waals surface area contributed by atoms with Gasteiger partial charge in [-0.25, -0.2) is 9.78 Å². The Morgan fingerprint density at radius 1 is 1.09 bits per heavy atom. The largest absolute Gasteiger partial charge is 0.452 e. The summed E-state index contributed by atoms with van der Waals surface area (Å²) < 4.78 is 7.18. The van der Waals surface area contributed by atoms with E-state index >= 15 is 0 Å². The summed E-state index contributed by atoms with van der Waals surface area (Å²) in [5, 5.41) is 4.66. The van der Waals surface area contributed by atoms with Gasteiger partial charge in [0.05, 0.1) is 4.88 Å². The van der Waals surface area contributed by atoms with Crippen molar-refractivity contribution in [3.63, 3.8) is 0 Å². The van der Waals surface area contributed by atoms with E-state index in [-0.39, 0.29) is 18.4 Å². The van der Waals surface area contributed by atoms with E-state index in [2.05, 4.69) is 4.98 Å². The number of thiophene rings is 1. The molecular formula is C23H24N4O4S2. The lowest BCUT2D eigenvalue weighted by molar-refractivity contribution is -0.148. The Kier molecular flexibility index (Phi) is 7.05. The third-order valence-corrected chi connectivity index (χ3v) is 7.08. The van der Waals surface area contributed by atoms with E-state index in [1.807, 2.05) is 41.3 Å². The summed E-state index contributed by atoms with van der Waals surface area (Å²) in [5.74, 6) is -0.848. The summed E-state index contributed by atoms with van der Waals surface area (Å²) in [6, 6.07) is 5.62. The molecule has 0 aromatic carbocycles. The lowest BCUT2D eigenvalue weighted by Gasteiger charge is -2.34. The Bertz CT molecular complexity index is 1160. The van der Waals surface area contributed by atoms with Crippen LogP contribution >= 0.6 is 22.7 Å². The summed E-state index contributed by atoms with van der Waals surface area (Å²) in [6.07, 6.45) is 4.78. The van der Waals surface area contributed by atoms with Crippen LogP contribution in [0.1, 0.15) is 26.6 Å². The molecule has 0 atom stereocenters. The van der Waals surface area contributed by atoms with Crippen LogP contribution in [0.4, 0.5) is 0 Å². The van der Waals surface area contributed by atoms with Crippen molar-refractivity contribution >= 4 is 46.5 Å². The molecule has 3 aromatic heterocycles. The smallest absolute Gasteiger partial charge is 0.331 e. The molecule has 1 aliphatic heterocycles. The number of amides is 2. The first-order chi connectivity index (χ1) is 15.9. The quantitative estimate of drug-likeness (QED) is 0.396. The molecule has 1 aliphatic rings. The van der Waals surface area contributed by atoms with Crippen molar-refractivity contribution in [3.8, 4) is 5.13 Å². The van der Waals surface area contributed by atoms with Gasteiger partial charge >= 0.3 is 5.97 Å². The summed E-state index contributed by atoms with van der Waals surface area (Å²) in [4.78, 5) is 45.4. The number of hydrogen-bond donors (Lipinski definition) is 0. The fraction of sp³-hybridized carbons (Fsp3) is 0.304. The zero-order chi connectivity index (χ0) is 23.4. The third kappa shape index (κ3) is 5.23. The molecule has 0 N–H and O–H groups in total. The number of esters is 1. The Labute approximate surface area is 199 Å². The number of thiazole rings is 1. The SMILES string of the molecule is Cc1cc(/C=C/C(=O)OCC(=O)N2CCN(C(=O)c3cccs3)CC2)c(C)n1-c1nccs1. The summed E-state index contributed by atoms with van der Waals surface area (Å²) >= 11 is 2.95. The van der Waals surface area contributed by atoms with E-state index in [0.717, 1.165) is 22.1 Å². The highest BCUT2D eigenvalue weighted by Gasteiger charge is 2.25. The number of carbonyl (C=O) groups is 3. The van der Waals surface area contributed by atoms with E-state index in [9.17, 15) is 14.4 Å². The van der Waals surface area contributed by atoms with Gasteiger partial charge in [0.1, 0.15) is 0 Å². The monoisotopic (exact) mass is 484 g/mol. The minimum absolute atomic E-state index is 0.0112. The number of nitrogens with zero attached hydrogens (tertiary/aromatic N) is 4. The average Bonchev–Trinajstić information content (AvgIpc) is 3.58. The van der Waals surface area contributed by atoms with Gasteiger partial charge in [-0.05, 0) is 43.0 Å². The summed E-state index contributed by atoms with van der Waals surface area (Å²) in [5.41, 5.74) is 2.87. The van der Waals surface area contributed by atoms with E-state index < -0.39 is 5.97 Å². The second kappa shape index (κ2) is 10.1.